The van der Waals surface area contributed by atoms with E-state index in [-0.39, 0.29) is 39.8 Å². The van der Waals surface area contributed by atoms with Crippen molar-refractivity contribution in [2.24, 2.45) is 10.8 Å². The highest BCUT2D eigenvalue weighted by atomic mass is 35.5. The van der Waals surface area contributed by atoms with Gasteiger partial charge >= 0.3 is 0 Å². The largest absolute Gasteiger partial charge is 0.493 e. The molecule has 0 radical (unpaired) electrons. The maximum atomic E-state index is 13.8. The van der Waals surface area contributed by atoms with Gasteiger partial charge in [0.1, 0.15) is 0 Å². The van der Waals surface area contributed by atoms with Crippen LogP contribution < -0.4 is 14.8 Å². The van der Waals surface area contributed by atoms with E-state index in [4.69, 9.17) is 32.7 Å². The molecule has 5 rings (SSSR count). The zero-order chi connectivity index (χ0) is 31.4. The number of carbonyl (C=O) groups is 3. The van der Waals surface area contributed by atoms with E-state index in [2.05, 4.69) is 37.9 Å². The minimum absolute atomic E-state index is 0.0376. The van der Waals surface area contributed by atoms with Gasteiger partial charge in [-0.25, -0.2) is 0 Å². The zero-order valence-corrected chi connectivity index (χ0v) is 27.3. The van der Waals surface area contributed by atoms with Crippen molar-refractivity contribution in [3.8, 4) is 11.5 Å². The van der Waals surface area contributed by atoms with Crippen LogP contribution in [0.25, 0.3) is 0 Å². The fraction of sp³-hybridized carbons (Fsp3) is 0.441. The lowest BCUT2D eigenvalue weighted by Crippen LogP contribution is -2.43. The molecule has 0 spiro atoms. The van der Waals surface area contributed by atoms with Gasteiger partial charge in [-0.1, -0.05) is 57.0 Å². The van der Waals surface area contributed by atoms with E-state index < -0.39 is 11.8 Å². The van der Waals surface area contributed by atoms with Crippen molar-refractivity contribution in [1.82, 2.24) is 4.90 Å². The second-order valence-electron chi connectivity index (χ2n) is 13.4. The number of amides is 1. The second kappa shape index (κ2) is 11.3. The molecular weight excluding hydrogens is 587 g/mol. The lowest BCUT2D eigenvalue weighted by Gasteiger charge is -2.48. The average molecular weight is 626 g/mol. The first-order chi connectivity index (χ1) is 20.1. The summed E-state index contributed by atoms with van der Waals surface area (Å²) in [6.07, 6.45) is 2.23. The molecule has 0 aromatic heterocycles. The number of ketones is 2. The molecule has 228 valence electrons. The van der Waals surface area contributed by atoms with Crippen molar-refractivity contribution in [3.05, 3.63) is 74.0 Å². The summed E-state index contributed by atoms with van der Waals surface area (Å²) in [5.41, 5.74) is 4.96. The standard InChI is InChI=1S/C34H38Cl2N2O5/c1-18-8-9-20(12-21(18)35)37-28(41)17-43-32-22(36)10-19(11-27(32)42-7)29-30-23(13-33(2,3)15-25(30)39)38(6)24-14-34(4,5)16-26(40)31(24)29/h8-12,29H,13-17H2,1-7H3,(H,37,41). The third kappa shape index (κ3) is 6.07. The number of methoxy groups -OCH3 is 1. The molecular formula is C34H38Cl2N2O5. The van der Waals surface area contributed by atoms with Crippen LogP contribution in [0.5, 0.6) is 11.5 Å². The predicted molar refractivity (Wildman–Crippen MR) is 169 cm³/mol. The van der Waals surface area contributed by atoms with Crippen molar-refractivity contribution in [3.63, 3.8) is 0 Å². The van der Waals surface area contributed by atoms with Crippen molar-refractivity contribution in [2.45, 2.75) is 66.2 Å². The Morgan fingerprint density at radius 2 is 1.51 bits per heavy atom. The number of nitrogens with zero attached hydrogens (tertiary/aromatic N) is 1. The van der Waals surface area contributed by atoms with Crippen LogP contribution in [-0.2, 0) is 14.4 Å². The molecule has 43 heavy (non-hydrogen) atoms. The predicted octanol–water partition coefficient (Wildman–Crippen LogP) is 7.64. The summed E-state index contributed by atoms with van der Waals surface area (Å²) in [7, 11) is 3.47. The molecule has 1 aliphatic heterocycles. The SMILES string of the molecule is COc1cc(C2C3=C(CC(C)(C)CC3=O)N(C)C3=C2C(=O)CC(C)(C)C3)cc(Cl)c1OCC(=O)Nc1ccc(C)c(Cl)c1. The van der Waals surface area contributed by atoms with Gasteiger partial charge in [0.25, 0.3) is 5.91 Å². The maximum Gasteiger partial charge on any atom is 0.262 e. The highest BCUT2D eigenvalue weighted by Crippen LogP contribution is 2.55. The summed E-state index contributed by atoms with van der Waals surface area (Å²) in [6.45, 7) is 9.98. The Morgan fingerprint density at radius 1 is 0.930 bits per heavy atom. The molecule has 1 N–H and O–H groups in total. The van der Waals surface area contributed by atoms with Gasteiger partial charge in [-0.05, 0) is 66.0 Å². The summed E-state index contributed by atoms with van der Waals surface area (Å²) >= 11 is 13.0. The molecule has 1 heterocycles. The fourth-order valence-electron chi connectivity index (χ4n) is 6.55. The van der Waals surface area contributed by atoms with Crippen LogP contribution in [0, 0.1) is 17.8 Å². The van der Waals surface area contributed by atoms with Gasteiger partial charge in [-0.15, -0.1) is 0 Å². The number of halogens is 2. The smallest absolute Gasteiger partial charge is 0.262 e. The Balaban J connectivity index is 1.52. The fourth-order valence-corrected chi connectivity index (χ4v) is 7.00. The van der Waals surface area contributed by atoms with Crippen LogP contribution in [0.2, 0.25) is 10.0 Å². The number of benzene rings is 2. The van der Waals surface area contributed by atoms with Gasteiger partial charge in [-0.3, -0.25) is 14.4 Å². The van der Waals surface area contributed by atoms with E-state index in [9.17, 15) is 14.4 Å². The molecule has 2 aromatic rings. The van der Waals surface area contributed by atoms with Crippen molar-refractivity contribution < 1.29 is 23.9 Å². The summed E-state index contributed by atoms with van der Waals surface area (Å²) in [6, 6.07) is 8.74. The first-order valence-corrected chi connectivity index (χ1v) is 15.2. The number of carbonyl (C=O) groups excluding carboxylic acids is 3. The summed E-state index contributed by atoms with van der Waals surface area (Å²) < 4.78 is 11.5. The first kappa shape index (κ1) is 31.1. The normalized spacial score (nSPS) is 19.7. The van der Waals surface area contributed by atoms with Gasteiger partial charge in [0.05, 0.1) is 12.1 Å². The number of hydrogen-bond donors (Lipinski definition) is 1. The number of nitrogens with one attached hydrogen (secondary N) is 1. The van der Waals surface area contributed by atoms with E-state index in [1.54, 1.807) is 24.3 Å². The van der Waals surface area contributed by atoms with Crippen molar-refractivity contribution >= 4 is 46.4 Å². The number of ether oxygens (including phenoxy) is 2. The lowest BCUT2D eigenvalue weighted by molar-refractivity contribution is -0.120. The maximum absolute atomic E-state index is 13.8. The average Bonchev–Trinajstić information content (AvgIpc) is 2.89. The van der Waals surface area contributed by atoms with Crippen LogP contribution >= 0.6 is 23.2 Å². The van der Waals surface area contributed by atoms with Gasteiger partial charge < -0.3 is 19.7 Å². The summed E-state index contributed by atoms with van der Waals surface area (Å²) in [5, 5.41) is 3.53. The molecule has 9 heteroatoms. The molecule has 0 atom stereocenters. The molecule has 0 unspecified atom stereocenters. The van der Waals surface area contributed by atoms with E-state index in [0.717, 1.165) is 29.8 Å². The number of rotatable bonds is 6. The van der Waals surface area contributed by atoms with Gasteiger partial charge in [0.2, 0.25) is 0 Å². The Hall–Kier alpha value is -3.29. The summed E-state index contributed by atoms with van der Waals surface area (Å²) in [4.78, 5) is 42.4. The van der Waals surface area contributed by atoms with Crippen molar-refractivity contribution in [1.29, 1.82) is 0 Å². The zero-order valence-electron chi connectivity index (χ0n) is 25.7. The highest BCUT2D eigenvalue weighted by molar-refractivity contribution is 6.32. The van der Waals surface area contributed by atoms with Gasteiger partial charge in [-0.2, -0.15) is 0 Å². The third-order valence-electron chi connectivity index (χ3n) is 8.57. The quantitative estimate of drug-likeness (QED) is 0.355. The third-order valence-corrected chi connectivity index (χ3v) is 9.26. The first-order valence-electron chi connectivity index (χ1n) is 14.4. The molecule has 0 bridgehead atoms. The minimum Gasteiger partial charge on any atom is -0.493 e. The van der Waals surface area contributed by atoms with Gasteiger partial charge in [0.15, 0.2) is 29.7 Å². The van der Waals surface area contributed by atoms with Crippen LogP contribution in [0.1, 0.15) is 70.4 Å². The Morgan fingerprint density at radius 3 is 2.05 bits per heavy atom. The molecule has 7 nitrogen and oxygen atoms in total. The Bertz CT molecular complexity index is 1550. The number of allylic oxidation sites excluding steroid dienone is 4. The molecule has 0 saturated heterocycles. The Kier molecular flexibility index (Phi) is 8.20. The second-order valence-corrected chi connectivity index (χ2v) is 14.2. The van der Waals surface area contributed by atoms with E-state index >= 15 is 0 Å². The van der Waals surface area contributed by atoms with E-state index in [1.165, 1.54) is 7.11 Å². The molecule has 2 aliphatic carbocycles. The molecule has 0 fully saturated rings. The van der Waals surface area contributed by atoms with Crippen LogP contribution in [0.4, 0.5) is 5.69 Å². The van der Waals surface area contributed by atoms with E-state index in [1.807, 2.05) is 20.0 Å². The minimum atomic E-state index is -0.566. The topological polar surface area (TPSA) is 84.9 Å². The summed E-state index contributed by atoms with van der Waals surface area (Å²) in [5.74, 6) is -0.375. The van der Waals surface area contributed by atoms with Crippen LogP contribution in [-0.4, -0.2) is 43.1 Å². The lowest BCUT2D eigenvalue weighted by atomic mass is 9.63. The van der Waals surface area contributed by atoms with Crippen LogP contribution in [0.3, 0.4) is 0 Å². The Labute approximate surface area is 263 Å². The van der Waals surface area contributed by atoms with Gasteiger partial charge in [0, 0.05) is 59.1 Å². The number of Topliss-reactive ketones (excluding diaryl/α,β-unsaturated/α-hetero) is 2. The molecule has 3 aliphatic rings. The van der Waals surface area contributed by atoms with Crippen LogP contribution in [0.15, 0.2) is 52.9 Å². The van der Waals surface area contributed by atoms with Crippen molar-refractivity contribution in [2.75, 3.05) is 26.1 Å². The highest BCUT2D eigenvalue weighted by Gasteiger charge is 2.48. The number of aryl methyl sites for hydroxylation is 1. The number of hydrogen-bond acceptors (Lipinski definition) is 6. The van der Waals surface area contributed by atoms with E-state index in [0.29, 0.717) is 46.0 Å². The monoisotopic (exact) mass is 624 g/mol. The molecule has 2 aromatic carbocycles. The number of anilines is 1. The molecule has 1 amide bonds. The molecule has 0 saturated carbocycles.